The Hall–Kier alpha value is -0.120. The van der Waals surface area contributed by atoms with Crippen molar-refractivity contribution in [2.45, 2.75) is 60.8 Å². The van der Waals surface area contributed by atoms with E-state index < -0.39 is 0 Å². The van der Waals surface area contributed by atoms with Gasteiger partial charge >= 0.3 is 0 Å². The second kappa shape index (κ2) is 30.2. The van der Waals surface area contributed by atoms with Crippen molar-refractivity contribution in [2.75, 3.05) is 39.6 Å². The van der Waals surface area contributed by atoms with Crippen LogP contribution in [0.15, 0.2) is 0 Å². The Balaban J connectivity index is -0.000000190. The van der Waals surface area contributed by atoms with Crippen LogP contribution in [0.3, 0.4) is 0 Å². The fourth-order valence-electron chi connectivity index (χ4n) is 0.884. The van der Waals surface area contributed by atoms with Crippen molar-refractivity contribution in [3.8, 4) is 0 Å². The molecule has 0 amide bonds. The SMILES string of the molecule is CCCOCC.CCCOCCC.CCOCC. The van der Waals surface area contributed by atoms with Gasteiger partial charge in [-0.15, -0.1) is 0 Å². The molecule has 0 aromatic rings. The van der Waals surface area contributed by atoms with Crippen LogP contribution in [-0.2, 0) is 14.2 Å². The van der Waals surface area contributed by atoms with Crippen LogP contribution in [0, 0.1) is 0 Å². The Labute approximate surface area is 115 Å². The Kier molecular flexibility index (Phi) is 38.6. The van der Waals surface area contributed by atoms with Gasteiger partial charge in [0.15, 0.2) is 0 Å². The first-order valence-electron chi connectivity index (χ1n) is 7.47. The van der Waals surface area contributed by atoms with E-state index in [-0.39, 0.29) is 0 Å². The lowest BCUT2D eigenvalue weighted by atomic mass is 10.5. The molecule has 0 aliphatic rings. The quantitative estimate of drug-likeness (QED) is 0.581. The molecular weight excluding hydrogens is 228 g/mol. The van der Waals surface area contributed by atoms with Crippen LogP contribution in [-0.4, -0.2) is 39.6 Å². The van der Waals surface area contributed by atoms with Crippen molar-refractivity contribution in [1.82, 2.24) is 0 Å². The Morgan fingerprint density at radius 2 is 0.778 bits per heavy atom. The normalized spacial score (nSPS) is 9.00. The second-order valence-corrected chi connectivity index (χ2v) is 3.59. The summed E-state index contributed by atoms with van der Waals surface area (Å²) >= 11 is 0. The zero-order valence-electron chi connectivity index (χ0n) is 13.6. The van der Waals surface area contributed by atoms with Crippen LogP contribution < -0.4 is 0 Å². The highest BCUT2D eigenvalue weighted by Gasteiger charge is 1.78. The molecule has 0 unspecified atom stereocenters. The molecule has 0 radical (unpaired) electrons. The molecule has 0 aliphatic heterocycles. The maximum absolute atomic E-state index is 5.13. The van der Waals surface area contributed by atoms with E-state index in [2.05, 4.69) is 20.8 Å². The summed E-state index contributed by atoms with van der Waals surface area (Å²) in [7, 11) is 0. The molecule has 0 saturated heterocycles. The molecule has 0 spiro atoms. The van der Waals surface area contributed by atoms with Crippen molar-refractivity contribution < 1.29 is 14.2 Å². The summed E-state index contributed by atoms with van der Waals surface area (Å²) in [4.78, 5) is 0. The Morgan fingerprint density at radius 1 is 0.444 bits per heavy atom. The Bertz CT molecular complexity index is 87.7. The summed E-state index contributed by atoms with van der Waals surface area (Å²) in [5, 5.41) is 0. The Morgan fingerprint density at radius 3 is 0.944 bits per heavy atom. The summed E-state index contributed by atoms with van der Waals surface area (Å²) in [6.07, 6.45) is 3.41. The van der Waals surface area contributed by atoms with Crippen LogP contribution in [0.4, 0.5) is 0 Å². The molecule has 0 fully saturated rings. The molecule has 3 heteroatoms. The van der Waals surface area contributed by atoms with Gasteiger partial charge in [-0.05, 0) is 40.0 Å². The van der Waals surface area contributed by atoms with Gasteiger partial charge in [-0.1, -0.05) is 20.8 Å². The summed E-state index contributed by atoms with van der Waals surface area (Å²) < 4.78 is 14.9. The van der Waals surface area contributed by atoms with Gasteiger partial charge in [0.25, 0.3) is 0 Å². The summed E-state index contributed by atoms with van der Waals surface area (Å²) in [6, 6.07) is 0. The third kappa shape index (κ3) is 44.6. The molecule has 3 nitrogen and oxygen atoms in total. The number of hydrogen-bond donors (Lipinski definition) is 0. The molecule has 0 atom stereocenters. The molecule has 0 rings (SSSR count). The smallest absolute Gasteiger partial charge is 0.0463 e. The molecule has 114 valence electrons. The molecule has 0 N–H and O–H groups in total. The zero-order chi connectivity index (χ0) is 14.5. The van der Waals surface area contributed by atoms with E-state index in [0.717, 1.165) is 58.9 Å². The van der Waals surface area contributed by atoms with E-state index in [1.165, 1.54) is 0 Å². The van der Waals surface area contributed by atoms with Crippen LogP contribution >= 0.6 is 0 Å². The van der Waals surface area contributed by atoms with E-state index in [1.807, 2.05) is 20.8 Å². The lowest BCUT2D eigenvalue weighted by Crippen LogP contribution is -1.92. The third-order valence-corrected chi connectivity index (χ3v) is 1.66. The van der Waals surface area contributed by atoms with E-state index in [4.69, 9.17) is 14.2 Å². The van der Waals surface area contributed by atoms with Crippen LogP contribution in [0.5, 0.6) is 0 Å². The van der Waals surface area contributed by atoms with E-state index in [9.17, 15) is 0 Å². The molecule has 18 heavy (non-hydrogen) atoms. The van der Waals surface area contributed by atoms with Gasteiger partial charge in [-0.3, -0.25) is 0 Å². The first-order chi connectivity index (χ1) is 8.74. The minimum atomic E-state index is 0.844. The molecule has 0 saturated carbocycles. The summed E-state index contributed by atoms with van der Waals surface area (Å²) in [6.45, 7) is 17.6. The first kappa shape index (κ1) is 23.0. The maximum atomic E-state index is 5.13. The number of rotatable bonds is 9. The molecule has 0 aromatic heterocycles. The highest BCUT2D eigenvalue weighted by Crippen LogP contribution is 1.81. The average molecular weight is 264 g/mol. The molecule has 0 aliphatic carbocycles. The topological polar surface area (TPSA) is 27.7 Å². The third-order valence-electron chi connectivity index (χ3n) is 1.66. The van der Waals surface area contributed by atoms with E-state index >= 15 is 0 Å². The summed E-state index contributed by atoms with van der Waals surface area (Å²) in [5.74, 6) is 0. The van der Waals surface area contributed by atoms with Crippen LogP contribution in [0.25, 0.3) is 0 Å². The standard InChI is InChI=1S/C6H14O.C5H12O.C4H10O/c1-3-5-7-6-4-2;1-3-5-6-4-2;1-3-5-4-2/h3-6H2,1-2H3;3-5H2,1-2H3;3-4H2,1-2H3. The zero-order valence-corrected chi connectivity index (χ0v) is 13.6. The van der Waals surface area contributed by atoms with E-state index in [1.54, 1.807) is 0 Å². The average Bonchev–Trinajstić information content (AvgIpc) is 2.39. The van der Waals surface area contributed by atoms with Crippen LogP contribution in [0.1, 0.15) is 60.8 Å². The monoisotopic (exact) mass is 264 g/mol. The fraction of sp³-hybridized carbons (Fsp3) is 1.00. The van der Waals surface area contributed by atoms with Crippen molar-refractivity contribution in [3.05, 3.63) is 0 Å². The lowest BCUT2D eigenvalue weighted by Gasteiger charge is -1.95. The lowest BCUT2D eigenvalue weighted by molar-refractivity contribution is 0.135. The van der Waals surface area contributed by atoms with Crippen LogP contribution in [0.2, 0.25) is 0 Å². The van der Waals surface area contributed by atoms with Crippen molar-refractivity contribution in [3.63, 3.8) is 0 Å². The van der Waals surface area contributed by atoms with Gasteiger partial charge in [-0.2, -0.15) is 0 Å². The number of hydrogen-bond acceptors (Lipinski definition) is 3. The largest absolute Gasteiger partial charge is 0.382 e. The van der Waals surface area contributed by atoms with Gasteiger partial charge < -0.3 is 14.2 Å². The second-order valence-electron chi connectivity index (χ2n) is 3.59. The molecule has 0 aromatic carbocycles. The van der Waals surface area contributed by atoms with Gasteiger partial charge in [0, 0.05) is 39.6 Å². The van der Waals surface area contributed by atoms with Gasteiger partial charge in [0.05, 0.1) is 0 Å². The highest BCUT2D eigenvalue weighted by atomic mass is 16.5. The molecular formula is C15H36O3. The summed E-state index contributed by atoms with van der Waals surface area (Å²) in [5.41, 5.74) is 0. The minimum Gasteiger partial charge on any atom is -0.382 e. The maximum Gasteiger partial charge on any atom is 0.0463 e. The predicted molar refractivity (Wildman–Crippen MR) is 80.4 cm³/mol. The minimum absolute atomic E-state index is 0.844. The van der Waals surface area contributed by atoms with Crippen molar-refractivity contribution >= 4 is 0 Å². The first-order valence-corrected chi connectivity index (χ1v) is 7.47. The van der Waals surface area contributed by atoms with Gasteiger partial charge in [0.2, 0.25) is 0 Å². The van der Waals surface area contributed by atoms with Gasteiger partial charge in [0.1, 0.15) is 0 Å². The number of ether oxygens (including phenoxy) is 3. The van der Waals surface area contributed by atoms with Crippen molar-refractivity contribution in [1.29, 1.82) is 0 Å². The molecule has 0 heterocycles. The molecule has 0 bridgehead atoms. The van der Waals surface area contributed by atoms with Crippen molar-refractivity contribution in [2.24, 2.45) is 0 Å². The van der Waals surface area contributed by atoms with E-state index in [0.29, 0.717) is 0 Å². The van der Waals surface area contributed by atoms with Gasteiger partial charge in [-0.25, -0.2) is 0 Å². The predicted octanol–water partition coefficient (Wildman–Crippen LogP) is 4.30. The highest BCUT2D eigenvalue weighted by molar-refractivity contribution is 4.25. The fourth-order valence-corrected chi connectivity index (χ4v) is 0.884.